The van der Waals surface area contributed by atoms with E-state index in [-0.39, 0.29) is 5.91 Å². The highest BCUT2D eigenvalue weighted by Crippen LogP contribution is 2.44. The van der Waals surface area contributed by atoms with Crippen molar-refractivity contribution >= 4 is 5.91 Å². The van der Waals surface area contributed by atoms with Crippen molar-refractivity contribution in [2.75, 3.05) is 32.7 Å². The standard InChI is InChI=1S/C15H26N2O2/c1-11-5-12(2)7-17(6-11)14(18)8-16-9-15(19,10-16)13-3-4-13/h11-13,19H,3-10H2,1-2H3. The highest BCUT2D eigenvalue weighted by atomic mass is 16.3. The summed E-state index contributed by atoms with van der Waals surface area (Å²) >= 11 is 0. The number of aliphatic hydroxyl groups is 1. The van der Waals surface area contributed by atoms with Gasteiger partial charge in [-0.2, -0.15) is 0 Å². The van der Waals surface area contributed by atoms with Crippen LogP contribution < -0.4 is 0 Å². The molecule has 4 heteroatoms. The number of carbonyl (C=O) groups excluding carboxylic acids is 1. The van der Waals surface area contributed by atoms with E-state index < -0.39 is 5.60 Å². The lowest BCUT2D eigenvalue weighted by molar-refractivity contribution is -0.147. The predicted molar refractivity (Wildman–Crippen MR) is 73.6 cm³/mol. The molecule has 2 aliphatic heterocycles. The molecule has 2 saturated heterocycles. The van der Waals surface area contributed by atoms with Crippen LogP contribution >= 0.6 is 0 Å². The molecule has 3 aliphatic rings. The predicted octanol–water partition coefficient (Wildman–Crippen LogP) is 0.948. The van der Waals surface area contributed by atoms with Crippen LogP contribution in [0.15, 0.2) is 0 Å². The van der Waals surface area contributed by atoms with E-state index in [1.54, 1.807) is 0 Å². The van der Waals surface area contributed by atoms with Gasteiger partial charge in [0.1, 0.15) is 0 Å². The number of β-amino-alcohol motifs (C(OH)–C–C–N with tert-alkyl or cyclic N) is 1. The minimum Gasteiger partial charge on any atom is -0.387 e. The van der Waals surface area contributed by atoms with Gasteiger partial charge in [0.25, 0.3) is 0 Å². The SMILES string of the molecule is CC1CC(C)CN(C(=O)CN2CC(O)(C3CC3)C2)C1. The van der Waals surface area contributed by atoms with Crippen molar-refractivity contribution in [1.29, 1.82) is 0 Å². The fourth-order valence-corrected chi connectivity index (χ4v) is 3.88. The van der Waals surface area contributed by atoms with Crippen LogP contribution in [-0.4, -0.2) is 59.1 Å². The van der Waals surface area contributed by atoms with Crippen LogP contribution in [0.25, 0.3) is 0 Å². The van der Waals surface area contributed by atoms with Gasteiger partial charge in [-0.1, -0.05) is 13.8 Å². The summed E-state index contributed by atoms with van der Waals surface area (Å²) in [6.07, 6.45) is 3.56. The molecule has 19 heavy (non-hydrogen) atoms. The van der Waals surface area contributed by atoms with Crippen LogP contribution in [0.5, 0.6) is 0 Å². The Morgan fingerprint density at radius 3 is 2.32 bits per heavy atom. The smallest absolute Gasteiger partial charge is 0.236 e. The topological polar surface area (TPSA) is 43.8 Å². The maximum atomic E-state index is 12.3. The molecule has 1 amide bonds. The molecule has 2 unspecified atom stereocenters. The molecular weight excluding hydrogens is 240 g/mol. The first-order chi connectivity index (χ1) is 8.96. The number of hydrogen-bond donors (Lipinski definition) is 1. The van der Waals surface area contributed by atoms with Gasteiger partial charge >= 0.3 is 0 Å². The number of likely N-dealkylation sites (tertiary alicyclic amines) is 2. The highest BCUT2D eigenvalue weighted by Gasteiger charge is 2.52. The van der Waals surface area contributed by atoms with E-state index in [9.17, 15) is 9.90 Å². The summed E-state index contributed by atoms with van der Waals surface area (Å²) < 4.78 is 0. The van der Waals surface area contributed by atoms with Crippen LogP contribution in [0.1, 0.15) is 33.1 Å². The Hall–Kier alpha value is -0.610. The number of nitrogens with zero attached hydrogens (tertiary/aromatic N) is 2. The van der Waals surface area contributed by atoms with E-state index >= 15 is 0 Å². The second-order valence-electron chi connectivity index (χ2n) is 7.27. The molecule has 0 aromatic carbocycles. The zero-order valence-electron chi connectivity index (χ0n) is 12.1. The van der Waals surface area contributed by atoms with Crippen molar-refractivity contribution in [3.8, 4) is 0 Å². The quantitative estimate of drug-likeness (QED) is 0.827. The van der Waals surface area contributed by atoms with E-state index in [1.807, 2.05) is 4.90 Å². The van der Waals surface area contributed by atoms with Crippen LogP contribution in [0.2, 0.25) is 0 Å². The summed E-state index contributed by atoms with van der Waals surface area (Å²) in [6.45, 7) is 8.16. The molecule has 3 fully saturated rings. The third-order valence-electron chi connectivity index (χ3n) is 4.91. The summed E-state index contributed by atoms with van der Waals surface area (Å²) in [4.78, 5) is 16.4. The minimum atomic E-state index is -0.469. The lowest BCUT2D eigenvalue weighted by Gasteiger charge is -2.47. The largest absolute Gasteiger partial charge is 0.387 e. The van der Waals surface area contributed by atoms with Crippen molar-refractivity contribution in [3.63, 3.8) is 0 Å². The molecule has 1 aliphatic carbocycles. The molecule has 3 rings (SSSR count). The molecule has 0 bridgehead atoms. The Morgan fingerprint density at radius 2 is 1.79 bits per heavy atom. The first-order valence-corrected chi connectivity index (χ1v) is 7.69. The van der Waals surface area contributed by atoms with Crippen LogP contribution in [-0.2, 0) is 4.79 Å². The average Bonchev–Trinajstić information content (AvgIpc) is 3.09. The van der Waals surface area contributed by atoms with E-state index in [0.717, 1.165) is 13.1 Å². The molecule has 2 heterocycles. The van der Waals surface area contributed by atoms with Crippen molar-refractivity contribution < 1.29 is 9.90 Å². The van der Waals surface area contributed by atoms with Gasteiger partial charge in [-0.05, 0) is 37.0 Å². The molecular formula is C15H26N2O2. The van der Waals surface area contributed by atoms with Crippen molar-refractivity contribution in [2.45, 2.75) is 38.7 Å². The summed E-state index contributed by atoms with van der Waals surface area (Å²) in [5.74, 6) is 1.99. The molecule has 2 atom stereocenters. The lowest BCUT2D eigenvalue weighted by Crippen LogP contribution is -2.65. The molecule has 0 radical (unpaired) electrons. The van der Waals surface area contributed by atoms with Gasteiger partial charge in [-0.15, -0.1) is 0 Å². The molecule has 108 valence electrons. The van der Waals surface area contributed by atoms with Crippen molar-refractivity contribution in [3.05, 3.63) is 0 Å². The van der Waals surface area contributed by atoms with Gasteiger partial charge in [-0.25, -0.2) is 0 Å². The summed E-state index contributed by atoms with van der Waals surface area (Å²) in [6, 6.07) is 0. The summed E-state index contributed by atoms with van der Waals surface area (Å²) in [5.41, 5.74) is -0.469. The van der Waals surface area contributed by atoms with Gasteiger partial charge in [0, 0.05) is 26.2 Å². The van der Waals surface area contributed by atoms with E-state index in [1.165, 1.54) is 19.3 Å². The fraction of sp³-hybridized carbons (Fsp3) is 0.933. The maximum absolute atomic E-state index is 12.3. The molecule has 0 aromatic heterocycles. The Kier molecular flexibility index (Phi) is 3.34. The molecule has 0 aromatic rings. The van der Waals surface area contributed by atoms with Crippen molar-refractivity contribution in [2.24, 2.45) is 17.8 Å². The Morgan fingerprint density at radius 1 is 1.21 bits per heavy atom. The number of amides is 1. The fourth-order valence-electron chi connectivity index (χ4n) is 3.88. The zero-order chi connectivity index (χ0) is 13.6. The summed E-state index contributed by atoms with van der Waals surface area (Å²) in [5, 5.41) is 10.3. The molecule has 0 spiro atoms. The minimum absolute atomic E-state index is 0.247. The van der Waals surface area contributed by atoms with Gasteiger partial charge in [0.2, 0.25) is 5.91 Å². The van der Waals surface area contributed by atoms with Crippen LogP contribution in [0.4, 0.5) is 0 Å². The molecule has 1 saturated carbocycles. The van der Waals surface area contributed by atoms with Crippen LogP contribution in [0.3, 0.4) is 0 Å². The second-order valence-corrected chi connectivity index (χ2v) is 7.27. The van der Waals surface area contributed by atoms with Gasteiger partial charge in [0.05, 0.1) is 12.1 Å². The number of hydrogen-bond acceptors (Lipinski definition) is 3. The maximum Gasteiger partial charge on any atom is 0.236 e. The number of carbonyl (C=O) groups is 1. The Labute approximate surface area is 115 Å². The Bertz CT molecular complexity index is 351. The second kappa shape index (κ2) is 4.74. The van der Waals surface area contributed by atoms with Crippen molar-refractivity contribution in [1.82, 2.24) is 9.80 Å². The number of rotatable bonds is 3. The van der Waals surface area contributed by atoms with Gasteiger partial charge in [0.15, 0.2) is 0 Å². The molecule has 1 N–H and O–H groups in total. The first-order valence-electron chi connectivity index (χ1n) is 7.69. The van der Waals surface area contributed by atoms with Crippen LogP contribution in [0, 0.1) is 17.8 Å². The van der Waals surface area contributed by atoms with E-state index in [0.29, 0.717) is 37.4 Å². The van der Waals surface area contributed by atoms with Gasteiger partial charge < -0.3 is 10.0 Å². The number of piperidine rings is 1. The average molecular weight is 266 g/mol. The van der Waals surface area contributed by atoms with Gasteiger partial charge in [-0.3, -0.25) is 9.69 Å². The van der Waals surface area contributed by atoms with E-state index in [4.69, 9.17) is 0 Å². The van der Waals surface area contributed by atoms with E-state index in [2.05, 4.69) is 18.7 Å². The normalized spacial score (nSPS) is 35.0. The lowest BCUT2D eigenvalue weighted by atomic mass is 9.88. The highest BCUT2D eigenvalue weighted by molar-refractivity contribution is 5.78. The monoisotopic (exact) mass is 266 g/mol. The zero-order valence-corrected chi connectivity index (χ0v) is 12.1. The Balaban J connectivity index is 1.47. The third-order valence-corrected chi connectivity index (χ3v) is 4.91. The first kappa shape index (κ1) is 13.4. The molecule has 4 nitrogen and oxygen atoms in total. The summed E-state index contributed by atoms with van der Waals surface area (Å²) in [7, 11) is 0. The third kappa shape index (κ3) is 2.79.